The fraction of sp³-hybridized carbons (Fsp3) is 0.849. The van der Waals surface area contributed by atoms with Crippen LogP contribution < -0.4 is 53.2 Å². The van der Waals surface area contributed by atoms with E-state index in [2.05, 4.69) is 53.2 Å². The van der Waals surface area contributed by atoms with E-state index in [1.54, 1.807) is 0 Å². The van der Waals surface area contributed by atoms with Crippen LogP contribution in [0, 0.1) is 0 Å². The highest BCUT2D eigenvalue weighted by molar-refractivity contribution is 5.79. The highest BCUT2D eigenvalue weighted by Gasteiger charge is 2.48. The van der Waals surface area contributed by atoms with Gasteiger partial charge < -0.3 is 147 Å². The van der Waals surface area contributed by atoms with E-state index in [0.29, 0.717) is 70.6 Å². The Morgan fingerprint density at radius 3 is 0.866 bits per heavy atom. The standard InChI is InChI=1S/C73H130N10O29/c1-48(88)80-61-67(101)64(98)51(42-85)110-70(61)107-36-16-12-22-54(91)74-29-19-32-77-57(94)26-39-104-45-73(83-60(97)25-11-9-7-5-4-6-8-10-15-35-84,46-105-40-27-58(95)78-33-20-30-75-55(92)23-13-17-37-108-71-62(81-49(2)89)68(102)65(99)52(43-86)111-71)47-106-41-28-59(96)79-34-21-31-76-56(93)24-14-18-38-109-72-63(82-50(3)90)69(103)66(100)53(44-87)112-72/h35,51-53,61-72,85-87,98-103H,4-34,36-47H2,1-3H3,(H,74,91)(H,75,92)(H,76,93)(H,77,94)(H,78,95)(H,79,96)(H,80,88)(H,81,89)(H,82,90)(H,83,97). The number of amides is 10. The van der Waals surface area contributed by atoms with Crippen LogP contribution in [0.15, 0.2) is 0 Å². The third-order valence-electron chi connectivity index (χ3n) is 18.4. The summed E-state index contributed by atoms with van der Waals surface area (Å²) in [5.74, 6) is -3.67. The lowest BCUT2D eigenvalue weighted by Gasteiger charge is -2.42. The van der Waals surface area contributed by atoms with Gasteiger partial charge in [0.2, 0.25) is 59.1 Å². The molecule has 3 rings (SSSR count). The lowest BCUT2D eigenvalue weighted by molar-refractivity contribution is -0.270. The van der Waals surface area contributed by atoms with E-state index >= 15 is 0 Å². The summed E-state index contributed by atoms with van der Waals surface area (Å²) in [5, 5.41) is 118. The van der Waals surface area contributed by atoms with E-state index in [4.69, 9.17) is 42.6 Å². The quantitative estimate of drug-likeness (QED) is 0.0201. The number of aliphatic hydroxyl groups is 9. The van der Waals surface area contributed by atoms with Crippen LogP contribution in [0.3, 0.4) is 0 Å². The van der Waals surface area contributed by atoms with Crippen molar-refractivity contribution >= 4 is 65.4 Å². The first-order chi connectivity index (χ1) is 53.8. The van der Waals surface area contributed by atoms with Crippen LogP contribution >= 0.6 is 0 Å². The maximum Gasteiger partial charge on any atom is 0.222 e. The molecule has 3 saturated heterocycles. The van der Waals surface area contributed by atoms with Gasteiger partial charge >= 0.3 is 0 Å². The smallest absolute Gasteiger partial charge is 0.222 e. The van der Waals surface area contributed by atoms with Gasteiger partial charge in [0.25, 0.3) is 0 Å². The van der Waals surface area contributed by atoms with Crippen LogP contribution in [0.1, 0.15) is 181 Å². The SMILES string of the molecule is CC(=O)NC1C(OCCCCC(=O)NCCCNC(=O)CCOCC(COCCC(=O)NCCCNC(=O)CCCCOC2OC(CO)C(O)C(O)C2NC(C)=O)(COCCC(=O)NCCCNC(=O)CCCCOC2OC(CO)C(O)C(O)C2NC(C)=O)NC(=O)CCCCCCCCCCC=O)OC(CO)C(O)C1O. The molecule has 39 nitrogen and oxygen atoms in total. The Balaban J connectivity index is 1.54. The number of ether oxygens (including phenoxy) is 9. The van der Waals surface area contributed by atoms with Crippen molar-refractivity contribution < 1.29 is 141 Å². The molecule has 0 spiro atoms. The molecule has 0 aromatic heterocycles. The van der Waals surface area contributed by atoms with Crippen LogP contribution in [-0.2, 0) is 95.4 Å². The van der Waals surface area contributed by atoms with Crippen molar-refractivity contribution in [3.05, 3.63) is 0 Å². The van der Waals surface area contributed by atoms with Gasteiger partial charge in [-0.05, 0) is 70.6 Å². The average molecular weight is 1610 g/mol. The highest BCUT2D eigenvalue weighted by Crippen LogP contribution is 2.26. The van der Waals surface area contributed by atoms with Crippen molar-refractivity contribution in [3.8, 4) is 0 Å². The Bertz CT molecular complexity index is 2470. The summed E-state index contributed by atoms with van der Waals surface area (Å²) in [5.41, 5.74) is -1.40. The van der Waals surface area contributed by atoms with Gasteiger partial charge in [-0.3, -0.25) is 47.9 Å². The van der Waals surface area contributed by atoms with Gasteiger partial charge in [0.1, 0.15) is 84.9 Å². The van der Waals surface area contributed by atoms with Crippen LogP contribution in [0.5, 0.6) is 0 Å². The first kappa shape index (κ1) is 99.8. The predicted octanol–water partition coefficient (Wildman–Crippen LogP) is -4.58. The molecule has 0 bridgehead atoms. The third-order valence-corrected chi connectivity index (χ3v) is 18.4. The molecule has 0 radical (unpaired) electrons. The zero-order valence-electron chi connectivity index (χ0n) is 65.3. The van der Waals surface area contributed by atoms with Crippen LogP contribution in [-0.4, -0.2) is 327 Å². The number of nitrogens with one attached hydrogen (secondary N) is 10. The maximum absolute atomic E-state index is 13.9. The van der Waals surface area contributed by atoms with Gasteiger partial charge in [-0.15, -0.1) is 0 Å². The van der Waals surface area contributed by atoms with Crippen molar-refractivity contribution in [3.63, 3.8) is 0 Å². The summed E-state index contributed by atoms with van der Waals surface area (Å²) >= 11 is 0. The van der Waals surface area contributed by atoms with Crippen LogP contribution in [0.25, 0.3) is 0 Å². The zero-order chi connectivity index (χ0) is 82.5. The first-order valence-electron chi connectivity index (χ1n) is 39.4. The fourth-order valence-electron chi connectivity index (χ4n) is 12.2. The molecule has 3 fully saturated rings. The lowest BCUT2D eigenvalue weighted by Crippen LogP contribution is -2.64. The highest BCUT2D eigenvalue weighted by atomic mass is 16.7. The van der Waals surface area contributed by atoms with Gasteiger partial charge in [-0.2, -0.15) is 0 Å². The molecule has 39 heteroatoms. The number of hydrogen-bond acceptors (Lipinski definition) is 29. The van der Waals surface area contributed by atoms with E-state index in [-0.39, 0.29) is 185 Å². The molecular weight excluding hydrogens is 1480 g/mol. The molecule has 112 heavy (non-hydrogen) atoms. The zero-order valence-corrected chi connectivity index (χ0v) is 65.3. The van der Waals surface area contributed by atoms with Crippen molar-refractivity contribution in [1.82, 2.24) is 53.2 Å². The predicted molar refractivity (Wildman–Crippen MR) is 397 cm³/mol. The second-order valence-corrected chi connectivity index (χ2v) is 28.2. The molecule has 0 aromatic rings. The molecule has 19 N–H and O–H groups in total. The Morgan fingerprint density at radius 1 is 0.330 bits per heavy atom. The van der Waals surface area contributed by atoms with E-state index in [1.807, 2.05) is 0 Å². The second-order valence-electron chi connectivity index (χ2n) is 28.2. The number of rotatable bonds is 63. The number of carbonyl (C=O) groups is 11. The van der Waals surface area contributed by atoms with Crippen molar-refractivity contribution in [1.29, 1.82) is 0 Å². The number of carbonyl (C=O) groups excluding carboxylic acids is 11. The normalized spacial score (nSPS) is 24.1. The van der Waals surface area contributed by atoms with Gasteiger partial charge in [-0.1, -0.05) is 38.5 Å². The van der Waals surface area contributed by atoms with Gasteiger partial charge in [0.15, 0.2) is 18.9 Å². The molecule has 10 amide bonds. The molecule has 0 saturated carbocycles. The number of aldehydes is 1. The Morgan fingerprint density at radius 2 is 0.589 bits per heavy atom. The molecule has 3 aliphatic rings. The average Bonchev–Trinajstić information content (AvgIpc) is 0.819. The fourth-order valence-corrected chi connectivity index (χ4v) is 12.2. The minimum absolute atomic E-state index is 0.0801. The van der Waals surface area contributed by atoms with Crippen LogP contribution in [0.4, 0.5) is 0 Å². The summed E-state index contributed by atoms with van der Waals surface area (Å²) in [6.07, 6.45) is -3.29. The number of unbranched alkanes of at least 4 members (excludes halogenated alkanes) is 11. The minimum Gasteiger partial charge on any atom is -0.394 e. The lowest BCUT2D eigenvalue weighted by atomic mass is 9.97. The topological polar surface area (TPSA) is 573 Å². The molecule has 0 aliphatic carbocycles. The minimum atomic E-state index is -1.46. The van der Waals surface area contributed by atoms with E-state index in [1.165, 1.54) is 20.8 Å². The summed E-state index contributed by atoms with van der Waals surface area (Å²) < 4.78 is 52.1. The Labute approximate surface area is 654 Å². The maximum atomic E-state index is 13.9. The monoisotopic (exact) mass is 1610 g/mol. The van der Waals surface area contributed by atoms with Crippen molar-refractivity contribution in [2.75, 3.05) is 119 Å². The third kappa shape index (κ3) is 42.3. The van der Waals surface area contributed by atoms with Gasteiger partial charge in [0, 0.05) is 131 Å². The first-order valence-corrected chi connectivity index (χ1v) is 39.4. The summed E-state index contributed by atoms with van der Waals surface area (Å²) in [7, 11) is 0. The second kappa shape index (κ2) is 59.3. The molecule has 3 aliphatic heterocycles. The summed E-state index contributed by atoms with van der Waals surface area (Å²) in [4.78, 5) is 137. The molecule has 15 atom stereocenters. The van der Waals surface area contributed by atoms with Crippen molar-refractivity contribution in [2.24, 2.45) is 0 Å². The number of hydrogen-bond donors (Lipinski definition) is 19. The van der Waals surface area contributed by atoms with E-state index in [9.17, 15) is 98.7 Å². The van der Waals surface area contributed by atoms with E-state index < -0.39 is 135 Å². The van der Waals surface area contributed by atoms with Crippen LogP contribution in [0.2, 0.25) is 0 Å². The summed E-state index contributed by atoms with van der Waals surface area (Å²) in [6.45, 7) is 2.50. The van der Waals surface area contributed by atoms with E-state index in [0.717, 1.165) is 51.2 Å². The van der Waals surface area contributed by atoms with Gasteiger partial charge in [0.05, 0.1) is 59.5 Å². The molecular formula is C73H130N10O29. The molecule has 646 valence electrons. The van der Waals surface area contributed by atoms with Gasteiger partial charge in [-0.25, -0.2) is 0 Å². The van der Waals surface area contributed by atoms with Crippen molar-refractivity contribution in [2.45, 2.75) is 279 Å². The molecule has 15 unspecified atom stereocenters. The number of aliphatic hydroxyl groups excluding tert-OH is 9. The molecule has 0 aromatic carbocycles. The Kier molecular flexibility index (Phi) is 52.9. The summed E-state index contributed by atoms with van der Waals surface area (Å²) in [6, 6.07) is -3.28. The molecule has 3 heterocycles. The largest absolute Gasteiger partial charge is 0.394 e. The Hall–Kier alpha value is -6.35.